The fraction of sp³-hybridized carbons (Fsp3) is 0.143. The molecule has 0 nitrogen and oxygen atoms in total. The van der Waals surface area contributed by atoms with E-state index in [0.717, 1.165) is 0 Å². The van der Waals surface area contributed by atoms with E-state index in [9.17, 15) is 0 Å². The quantitative estimate of drug-likeness (QED) is 0.142. The molecule has 18 aromatic rings. The van der Waals surface area contributed by atoms with Crippen molar-refractivity contribution in [3.05, 3.63) is 646 Å². The maximum absolute atomic E-state index is 2.08. The molecule has 0 amide bonds. The summed E-state index contributed by atoms with van der Waals surface area (Å²) in [5.74, 6) is 0. The summed E-state index contributed by atoms with van der Waals surface area (Å²) in [4.78, 5) is 0. The second kappa shape index (κ2) is 79.4. The van der Waals surface area contributed by atoms with Crippen LogP contribution in [0.25, 0.3) is 0 Å². The molecule has 0 heteroatoms. The van der Waals surface area contributed by atoms with Gasteiger partial charge in [-0.05, 0) is 125 Å². The molecule has 0 aromatic heterocycles. The predicted octanol–water partition coefficient (Wildman–Crippen LogP) is 35.9. The molecule has 0 saturated carbocycles. The summed E-state index contributed by atoms with van der Waals surface area (Å²) in [5, 5.41) is 0. The van der Waals surface area contributed by atoms with E-state index in [4.69, 9.17) is 0 Å². The summed E-state index contributed by atoms with van der Waals surface area (Å²) in [6.07, 6.45) is 0. The summed E-state index contributed by atoms with van der Waals surface area (Å²) >= 11 is 0. The van der Waals surface area contributed by atoms with E-state index < -0.39 is 0 Å². The van der Waals surface area contributed by atoms with Gasteiger partial charge in [-0.3, -0.25) is 0 Å². The van der Waals surface area contributed by atoms with Gasteiger partial charge in [0.25, 0.3) is 0 Å². The molecule has 0 saturated heterocycles. The lowest BCUT2D eigenvalue weighted by molar-refractivity contribution is 1.48. The molecule has 0 spiro atoms. The molecule has 18 aromatic carbocycles. The van der Waals surface area contributed by atoms with Crippen LogP contribution >= 0.6 is 0 Å². The smallest absolute Gasteiger partial charge is 0.0398 e. The summed E-state index contributed by atoms with van der Waals surface area (Å²) in [7, 11) is 0. The SMILES string of the molecule is Cc1ccccc1.Cc1ccccc1.Cc1ccccc1.Cc1ccccc1.Cc1ccccc1.Cc1ccccc1.Cc1ccccc1.Cc1ccccc1.Cc1ccccc1.Cc1ccccc1.Cc1ccccc1.Cc1ccccc1.Cc1ccccc1.Cc1ccccc1.Cc1ccccc1.Cc1ccccc1.Cc1ccccc1.Cc1ccccc1. The minimum Gasteiger partial charge on any atom is -0.0622 e. The number of hydrogen-bond acceptors (Lipinski definition) is 0. The van der Waals surface area contributed by atoms with Crippen LogP contribution < -0.4 is 0 Å². The minimum atomic E-state index is 1.32. The van der Waals surface area contributed by atoms with Crippen molar-refractivity contribution in [3.63, 3.8) is 0 Å². The Balaban J connectivity index is 0.000000667. The van der Waals surface area contributed by atoms with Gasteiger partial charge in [0, 0.05) is 0 Å². The third kappa shape index (κ3) is 77.3. The third-order valence-electron chi connectivity index (χ3n) is 16.9. The Kier molecular flexibility index (Phi) is 69.3. The summed E-state index contributed by atoms with van der Waals surface area (Å²) in [6, 6.07) is 185. The Morgan fingerprint density at radius 3 is 0.103 bits per heavy atom. The maximum Gasteiger partial charge on any atom is -0.0398 e. The first-order valence-electron chi connectivity index (χ1n) is 43.4. The van der Waals surface area contributed by atoms with Crippen molar-refractivity contribution in [1.82, 2.24) is 0 Å². The molecule has 18 rings (SSSR count). The molecule has 0 N–H and O–H groups in total. The van der Waals surface area contributed by atoms with Crippen molar-refractivity contribution in [1.29, 1.82) is 0 Å². The van der Waals surface area contributed by atoms with E-state index in [-0.39, 0.29) is 0 Å². The molecule has 648 valence electrons. The molecule has 0 aliphatic heterocycles. The summed E-state index contributed by atoms with van der Waals surface area (Å²) < 4.78 is 0. The van der Waals surface area contributed by atoms with E-state index in [1.165, 1.54) is 100 Å². The van der Waals surface area contributed by atoms with E-state index >= 15 is 0 Å². The first-order valence-corrected chi connectivity index (χ1v) is 43.4. The zero-order chi connectivity index (χ0) is 92.0. The van der Waals surface area contributed by atoms with Gasteiger partial charge in [0.05, 0.1) is 0 Å². The number of hydrogen-bond donors (Lipinski definition) is 0. The molecule has 0 fully saturated rings. The normalized spacial score (nSPS) is 8.71. The van der Waals surface area contributed by atoms with E-state index in [0.29, 0.717) is 0 Å². The zero-order valence-corrected chi connectivity index (χ0v) is 79.0. The monoisotopic (exact) mass is 1660 g/mol. The molecule has 0 aliphatic rings. The Bertz CT molecular complexity index is 3750. The number of rotatable bonds is 0. The third-order valence-corrected chi connectivity index (χ3v) is 16.9. The second-order valence-electron chi connectivity index (χ2n) is 29.8. The molecule has 0 heterocycles. The molecule has 126 heavy (non-hydrogen) atoms. The van der Waals surface area contributed by atoms with Gasteiger partial charge in [-0.2, -0.15) is 0 Å². The fourth-order valence-electron chi connectivity index (χ4n) is 9.62. The molecule has 0 aliphatic carbocycles. The van der Waals surface area contributed by atoms with Gasteiger partial charge in [-0.15, -0.1) is 0 Å². The molecule has 0 atom stereocenters. The van der Waals surface area contributed by atoms with Crippen molar-refractivity contribution >= 4 is 0 Å². The Labute approximate surface area is 765 Å². The van der Waals surface area contributed by atoms with Gasteiger partial charge in [0.1, 0.15) is 0 Å². The van der Waals surface area contributed by atoms with Crippen molar-refractivity contribution in [3.8, 4) is 0 Å². The van der Waals surface area contributed by atoms with E-state index in [1.807, 2.05) is 328 Å². The van der Waals surface area contributed by atoms with Crippen molar-refractivity contribution < 1.29 is 0 Å². The van der Waals surface area contributed by atoms with Crippen LogP contribution in [0, 0.1) is 125 Å². The average Bonchev–Trinajstić information content (AvgIpc) is 2.11. The first kappa shape index (κ1) is 110. The molecule has 0 radical (unpaired) electrons. The van der Waals surface area contributed by atoms with E-state index in [1.54, 1.807) is 0 Å². The van der Waals surface area contributed by atoms with Crippen molar-refractivity contribution in [2.24, 2.45) is 0 Å². The lowest BCUT2D eigenvalue weighted by Crippen LogP contribution is -1.62. The summed E-state index contributed by atoms with van der Waals surface area (Å²) in [6.45, 7) is 37.5. The van der Waals surface area contributed by atoms with Gasteiger partial charge in [0.15, 0.2) is 0 Å². The highest BCUT2D eigenvalue weighted by molar-refractivity contribution is 5.22. The lowest BCUT2D eigenvalue weighted by atomic mass is 10.2. The largest absolute Gasteiger partial charge is 0.0622 e. The first-order chi connectivity index (χ1) is 61.1. The van der Waals surface area contributed by atoms with Gasteiger partial charge in [-0.1, -0.05) is 646 Å². The minimum absolute atomic E-state index is 1.32. The van der Waals surface area contributed by atoms with Gasteiger partial charge >= 0.3 is 0 Å². The number of aryl methyl sites for hydroxylation is 18. The highest BCUT2D eigenvalue weighted by Gasteiger charge is 1.83. The van der Waals surface area contributed by atoms with Gasteiger partial charge in [-0.25, -0.2) is 0 Å². The molecule has 0 bridgehead atoms. The topological polar surface area (TPSA) is 0 Å². The van der Waals surface area contributed by atoms with Crippen LogP contribution in [0.5, 0.6) is 0 Å². The van der Waals surface area contributed by atoms with Crippen LogP contribution in [-0.2, 0) is 0 Å². The predicted molar refractivity (Wildman–Crippen MR) is 561 cm³/mol. The van der Waals surface area contributed by atoms with Crippen LogP contribution in [0.15, 0.2) is 546 Å². The van der Waals surface area contributed by atoms with E-state index in [2.05, 4.69) is 343 Å². The van der Waals surface area contributed by atoms with Gasteiger partial charge < -0.3 is 0 Å². The van der Waals surface area contributed by atoms with Crippen LogP contribution in [0.3, 0.4) is 0 Å². The highest BCUT2D eigenvalue weighted by atomic mass is 13.9. The Morgan fingerprint density at radius 2 is 0.0873 bits per heavy atom. The fourth-order valence-corrected chi connectivity index (χ4v) is 9.62. The van der Waals surface area contributed by atoms with Crippen molar-refractivity contribution in [2.75, 3.05) is 0 Å². The second-order valence-corrected chi connectivity index (χ2v) is 29.8. The molecular formula is C126H144. The van der Waals surface area contributed by atoms with Crippen molar-refractivity contribution in [2.45, 2.75) is 125 Å². The van der Waals surface area contributed by atoms with Crippen LogP contribution in [-0.4, -0.2) is 0 Å². The molecular weight excluding hydrogens is 1510 g/mol. The maximum atomic E-state index is 2.08. The summed E-state index contributed by atoms with van der Waals surface area (Å²) in [5.41, 5.74) is 23.8. The van der Waals surface area contributed by atoms with Crippen LogP contribution in [0.4, 0.5) is 0 Å². The Hall–Kier alpha value is -14.0. The lowest BCUT2D eigenvalue weighted by Gasteiger charge is -1.82. The van der Waals surface area contributed by atoms with Crippen LogP contribution in [0.1, 0.15) is 100 Å². The van der Waals surface area contributed by atoms with Crippen LogP contribution in [0.2, 0.25) is 0 Å². The number of benzene rings is 18. The average molecular weight is 1660 g/mol. The zero-order valence-electron chi connectivity index (χ0n) is 79.0. The molecule has 0 unspecified atom stereocenters. The van der Waals surface area contributed by atoms with Gasteiger partial charge in [0.2, 0.25) is 0 Å². The Morgan fingerprint density at radius 1 is 0.0556 bits per heavy atom. The highest BCUT2D eigenvalue weighted by Crippen LogP contribution is 2.03. The standard InChI is InChI=1S/18C7H8/c18*1-7-5-3-2-4-6-7/h18*2-6H,1H3.